The lowest BCUT2D eigenvalue weighted by atomic mass is 9.81. The maximum absolute atomic E-state index is 11.0. The number of benzene rings is 2. The Bertz CT molecular complexity index is 1040. The summed E-state index contributed by atoms with van der Waals surface area (Å²) in [6.07, 6.45) is 7.74. The second-order valence-corrected chi connectivity index (χ2v) is 10.1. The summed E-state index contributed by atoms with van der Waals surface area (Å²) in [6.45, 7) is 6.40. The molecule has 2 aromatic rings. The molecule has 4 rings (SSSR count). The van der Waals surface area contributed by atoms with Crippen molar-refractivity contribution in [1.29, 1.82) is 0 Å². The van der Waals surface area contributed by atoms with Crippen LogP contribution in [-0.2, 0) is 29.2 Å². The fourth-order valence-electron chi connectivity index (χ4n) is 5.12. The van der Waals surface area contributed by atoms with Gasteiger partial charge in [0, 0.05) is 30.2 Å². The molecule has 0 spiro atoms. The predicted octanol–water partition coefficient (Wildman–Crippen LogP) is 6.41. The maximum atomic E-state index is 11.0. The van der Waals surface area contributed by atoms with Crippen LogP contribution in [0.1, 0.15) is 79.7 Å². The average molecular weight is 483 g/mol. The van der Waals surface area contributed by atoms with Crippen LogP contribution in [0.4, 0.5) is 0 Å². The molecule has 2 aromatic carbocycles. The first-order valence-electron chi connectivity index (χ1n) is 12.5. The van der Waals surface area contributed by atoms with Crippen LogP contribution in [0.3, 0.4) is 0 Å². The zero-order valence-corrected chi connectivity index (χ0v) is 21.0. The molecule has 0 bridgehead atoms. The third-order valence-corrected chi connectivity index (χ3v) is 7.59. The number of nitrogens with zero attached hydrogens (tertiary/aromatic N) is 2. The molecular formula is C28H35ClN2O3. The Morgan fingerprint density at radius 2 is 1.88 bits per heavy atom. The Hall–Kier alpha value is -2.37. The van der Waals surface area contributed by atoms with E-state index in [1.54, 1.807) is 0 Å². The summed E-state index contributed by atoms with van der Waals surface area (Å²) in [5, 5.41) is 14.0. The summed E-state index contributed by atoms with van der Waals surface area (Å²) in [4.78, 5) is 18.8. The Balaban J connectivity index is 1.33. The number of hydrogen-bond donors (Lipinski definition) is 1. The van der Waals surface area contributed by atoms with Crippen molar-refractivity contribution in [3.63, 3.8) is 0 Å². The molecule has 5 nitrogen and oxygen atoms in total. The Morgan fingerprint density at radius 3 is 2.56 bits per heavy atom. The fourth-order valence-corrected chi connectivity index (χ4v) is 5.36. The van der Waals surface area contributed by atoms with Gasteiger partial charge in [0.05, 0.1) is 11.6 Å². The van der Waals surface area contributed by atoms with Gasteiger partial charge in [-0.15, -0.1) is 0 Å². The molecule has 0 aromatic heterocycles. The van der Waals surface area contributed by atoms with Crippen LogP contribution < -0.4 is 0 Å². The molecular weight excluding hydrogens is 448 g/mol. The standard InChI is InChI=1S/C28H35ClN2O3/c1-3-21-13-20(9-12-26(21)22-7-5-4-6-8-22)18-34-30-19(2)23-10-11-24(27(29)14-23)15-31-16-25(17-31)28(32)33/h9-14,22,25H,3-8,15-18H2,1-2H3,(H,32,33)/b30-19+. The highest BCUT2D eigenvalue weighted by Gasteiger charge is 2.32. The van der Waals surface area contributed by atoms with Crippen molar-refractivity contribution in [2.24, 2.45) is 11.1 Å². The maximum Gasteiger partial charge on any atom is 0.309 e. The number of halogens is 1. The van der Waals surface area contributed by atoms with Gasteiger partial charge in [0.15, 0.2) is 0 Å². The highest BCUT2D eigenvalue weighted by Crippen LogP contribution is 2.35. The van der Waals surface area contributed by atoms with Crippen molar-refractivity contribution in [3.05, 3.63) is 69.2 Å². The molecule has 1 aliphatic heterocycles. The first-order chi connectivity index (χ1) is 16.4. The predicted molar refractivity (Wildman–Crippen MR) is 137 cm³/mol. The number of carboxylic acids is 1. The monoisotopic (exact) mass is 482 g/mol. The van der Waals surface area contributed by atoms with E-state index in [1.807, 2.05) is 25.1 Å². The van der Waals surface area contributed by atoms with Crippen molar-refractivity contribution in [2.45, 2.75) is 71.4 Å². The normalized spacial score (nSPS) is 18.0. The van der Waals surface area contributed by atoms with Gasteiger partial charge in [-0.05, 0) is 60.4 Å². The minimum atomic E-state index is -0.726. The molecule has 34 heavy (non-hydrogen) atoms. The molecule has 1 heterocycles. The summed E-state index contributed by atoms with van der Waals surface area (Å²) in [5.74, 6) is -0.275. The molecule has 0 unspecified atom stereocenters. The van der Waals surface area contributed by atoms with E-state index in [2.05, 4.69) is 35.2 Å². The molecule has 0 amide bonds. The van der Waals surface area contributed by atoms with Gasteiger partial charge < -0.3 is 9.94 Å². The number of aliphatic carboxylic acids is 1. The highest BCUT2D eigenvalue weighted by molar-refractivity contribution is 6.31. The molecule has 1 saturated carbocycles. The smallest absolute Gasteiger partial charge is 0.309 e. The zero-order chi connectivity index (χ0) is 24.1. The quantitative estimate of drug-likeness (QED) is 0.331. The molecule has 2 aliphatic rings. The molecule has 6 heteroatoms. The molecule has 0 atom stereocenters. The molecule has 1 saturated heterocycles. The molecule has 0 radical (unpaired) electrons. The Kier molecular flexibility index (Phi) is 8.28. The number of carboxylic acid groups (broad SMARTS) is 1. The van der Waals surface area contributed by atoms with Crippen molar-refractivity contribution >= 4 is 23.3 Å². The summed E-state index contributed by atoms with van der Waals surface area (Å²) in [7, 11) is 0. The second-order valence-electron chi connectivity index (χ2n) is 9.71. The highest BCUT2D eigenvalue weighted by atomic mass is 35.5. The van der Waals surface area contributed by atoms with Gasteiger partial charge in [-0.3, -0.25) is 9.69 Å². The van der Waals surface area contributed by atoms with Gasteiger partial charge in [-0.1, -0.05) is 73.3 Å². The van der Waals surface area contributed by atoms with Gasteiger partial charge in [-0.2, -0.15) is 0 Å². The second kappa shape index (κ2) is 11.4. The summed E-state index contributed by atoms with van der Waals surface area (Å²) in [6, 6.07) is 12.7. The van der Waals surface area contributed by atoms with Crippen LogP contribution >= 0.6 is 11.6 Å². The molecule has 1 aliphatic carbocycles. The number of carbonyl (C=O) groups is 1. The van der Waals surface area contributed by atoms with Gasteiger partial charge in [-0.25, -0.2) is 0 Å². The van der Waals surface area contributed by atoms with E-state index in [-0.39, 0.29) is 5.92 Å². The lowest BCUT2D eigenvalue weighted by Crippen LogP contribution is -2.49. The SMILES string of the molecule is CCc1cc(CO/N=C(\C)c2ccc(CN3CC(C(=O)O)C3)c(Cl)c2)ccc1C1CCCCC1. The largest absolute Gasteiger partial charge is 0.481 e. The summed E-state index contributed by atoms with van der Waals surface area (Å²) < 4.78 is 0. The van der Waals surface area contributed by atoms with Crippen LogP contribution in [-0.4, -0.2) is 34.8 Å². The van der Waals surface area contributed by atoms with Crippen LogP contribution in [0.5, 0.6) is 0 Å². The van der Waals surface area contributed by atoms with Gasteiger partial charge in [0.1, 0.15) is 6.61 Å². The summed E-state index contributed by atoms with van der Waals surface area (Å²) in [5.41, 5.74) is 6.80. The van der Waals surface area contributed by atoms with Crippen molar-refractivity contribution in [2.75, 3.05) is 13.1 Å². The van der Waals surface area contributed by atoms with Crippen LogP contribution in [0.25, 0.3) is 0 Å². The van der Waals surface area contributed by atoms with E-state index in [4.69, 9.17) is 21.5 Å². The molecule has 182 valence electrons. The van der Waals surface area contributed by atoms with Crippen molar-refractivity contribution < 1.29 is 14.7 Å². The van der Waals surface area contributed by atoms with E-state index >= 15 is 0 Å². The minimum Gasteiger partial charge on any atom is -0.481 e. The van der Waals surface area contributed by atoms with E-state index in [9.17, 15) is 4.79 Å². The lowest BCUT2D eigenvalue weighted by molar-refractivity contribution is -0.147. The third kappa shape index (κ3) is 6.00. The summed E-state index contributed by atoms with van der Waals surface area (Å²) >= 11 is 6.50. The number of likely N-dealkylation sites (tertiary alicyclic amines) is 1. The number of rotatable bonds is 9. The first-order valence-corrected chi connectivity index (χ1v) is 12.8. The topological polar surface area (TPSA) is 62.1 Å². The Labute approximate surface area is 207 Å². The average Bonchev–Trinajstić information content (AvgIpc) is 2.82. The van der Waals surface area contributed by atoms with Crippen LogP contribution in [0.2, 0.25) is 5.02 Å². The number of hydrogen-bond acceptors (Lipinski definition) is 4. The van der Waals surface area contributed by atoms with E-state index < -0.39 is 5.97 Å². The van der Waals surface area contributed by atoms with Crippen molar-refractivity contribution in [1.82, 2.24) is 4.90 Å². The van der Waals surface area contributed by atoms with Crippen LogP contribution in [0.15, 0.2) is 41.6 Å². The lowest BCUT2D eigenvalue weighted by Gasteiger charge is -2.36. The van der Waals surface area contributed by atoms with E-state index in [1.165, 1.54) is 43.2 Å². The number of aryl methyl sites for hydroxylation is 1. The van der Waals surface area contributed by atoms with Crippen LogP contribution in [0, 0.1) is 5.92 Å². The first kappa shape index (κ1) is 24.7. The molecule has 2 fully saturated rings. The van der Waals surface area contributed by atoms with Crippen molar-refractivity contribution in [3.8, 4) is 0 Å². The van der Waals surface area contributed by atoms with E-state index in [0.717, 1.165) is 28.8 Å². The third-order valence-electron chi connectivity index (χ3n) is 7.24. The fraction of sp³-hybridized carbons (Fsp3) is 0.500. The Morgan fingerprint density at radius 1 is 1.12 bits per heavy atom. The molecule has 1 N–H and O–H groups in total. The van der Waals surface area contributed by atoms with E-state index in [0.29, 0.717) is 37.2 Å². The van der Waals surface area contributed by atoms with Gasteiger partial charge in [0.25, 0.3) is 0 Å². The minimum absolute atomic E-state index is 0.263. The number of oxime groups is 1. The van der Waals surface area contributed by atoms with Gasteiger partial charge >= 0.3 is 5.97 Å². The van der Waals surface area contributed by atoms with Gasteiger partial charge in [0.2, 0.25) is 0 Å². The zero-order valence-electron chi connectivity index (χ0n) is 20.2.